The Labute approximate surface area is 143 Å². The molecular formula is C18H17FN4O2. The first kappa shape index (κ1) is 15.7. The van der Waals surface area contributed by atoms with Crippen LogP contribution in [-0.4, -0.2) is 39.8 Å². The van der Waals surface area contributed by atoms with Crippen molar-refractivity contribution in [1.82, 2.24) is 19.9 Å². The fourth-order valence-electron chi connectivity index (χ4n) is 2.94. The molecule has 3 heterocycles. The first-order valence-corrected chi connectivity index (χ1v) is 8.21. The van der Waals surface area contributed by atoms with Crippen LogP contribution in [0.2, 0.25) is 0 Å². The summed E-state index contributed by atoms with van der Waals surface area (Å²) in [7, 11) is 0. The summed E-state index contributed by atoms with van der Waals surface area (Å²) in [4.78, 5) is 12.3. The smallest absolute Gasteiger partial charge is 0.251 e. The normalized spacial score (nSPS) is 17.1. The Morgan fingerprint density at radius 3 is 2.88 bits per heavy atom. The predicted molar refractivity (Wildman–Crippen MR) is 89.7 cm³/mol. The van der Waals surface area contributed by atoms with Crippen molar-refractivity contribution in [1.29, 1.82) is 0 Å². The van der Waals surface area contributed by atoms with Crippen LogP contribution in [0.4, 0.5) is 4.39 Å². The summed E-state index contributed by atoms with van der Waals surface area (Å²) in [5, 5.41) is 11.1. The molecule has 25 heavy (non-hydrogen) atoms. The number of carbonyl (C=O) groups excluding carboxylic acids is 1. The molecule has 1 saturated heterocycles. The van der Waals surface area contributed by atoms with Gasteiger partial charge >= 0.3 is 0 Å². The molecular weight excluding hydrogens is 323 g/mol. The summed E-state index contributed by atoms with van der Waals surface area (Å²) in [5.41, 5.74) is 1.83. The minimum atomic E-state index is -0.303. The van der Waals surface area contributed by atoms with E-state index in [4.69, 9.17) is 4.74 Å². The molecule has 128 valence electrons. The minimum absolute atomic E-state index is 0.103. The molecule has 0 aliphatic carbocycles. The van der Waals surface area contributed by atoms with E-state index in [1.807, 2.05) is 0 Å². The summed E-state index contributed by atoms with van der Waals surface area (Å²) in [5.74, 6) is 0.133. The summed E-state index contributed by atoms with van der Waals surface area (Å²) < 4.78 is 20.3. The Bertz CT molecular complexity index is 901. The number of pyridine rings is 1. The number of amides is 1. The number of fused-ring (bicyclic) bond motifs is 1. The number of hydrogen-bond donors (Lipinski definition) is 1. The molecule has 0 unspecified atom stereocenters. The first-order chi connectivity index (χ1) is 12.2. The van der Waals surface area contributed by atoms with Crippen molar-refractivity contribution >= 4 is 11.6 Å². The molecule has 1 aliphatic heterocycles. The van der Waals surface area contributed by atoms with Gasteiger partial charge in [-0.1, -0.05) is 0 Å². The molecule has 1 fully saturated rings. The van der Waals surface area contributed by atoms with E-state index < -0.39 is 0 Å². The van der Waals surface area contributed by atoms with Gasteiger partial charge in [-0.2, -0.15) is 0 Å². The van der Waals surface area contributed by atoms with Gasteiger partial charge in [0.2, 0.25) is 0 Å². The molecule has 1 aromatic carbocycles. The highest BCUT2D eigenvalue weighted by Gasteiger charge is 2.17. The van der Waals surface area contributed by atoms with Gasteiger partial charge in [-0.25, -0.2) is 4.39 Å². The minimum Gasteiger partial charge on any atom is -0.376 e. The second kappa shape index (κ2) is 6.60. The van der Waals surface area contributed by atoms with Gasteiger partial charge in [0.1, 0.15) is 5.82 Å². The summed E-state index contributed by atoms with van der Waals surface area (Å²) in [6.45, 7) is 1.27. The van der Waals surface area contributed by atoms with Crippen LogP contribution < -0.4 is 5.32 Å². The van der Waals surface area contributed by atoms with Crippen LogP contribution in [0.25, 0.3) is 17.0 Å². The van der Waals surface area contributed by atoms with Crippen molar-refractivity contribution in [3.05, 3.63) is 54.0 Å². The van der Waals surface area contributed by atoms with E-state index >= 15 is 0 Å². The maximum Gasteiger partial charge on any atom is 0.251 e. The van der Waals surface area contributed by atoms with Crippen LogP contribution in [0.3, 0.4) is 0 Å². The van der Waals surface area contributed by atoms with Crippen LogP contribution in [0, 0.1) is 5.82 Å². The van der Waals surface area contributed by atoms with E-state index in [1.54, 1.807) is 34.9 Å². The maximum absolute atomic E-state index is 13.1. The van der Waals surface area contributed by atoms with Gasteiger partial charge in [-0.05, 0) is 49.2 Å². The van der Waals surface area contributed by atoms with Crippen LogP contribution in [0.15, 0.2) is 42.6 Å². The highest BCUT2D eigenvalue weighted by Crippen LogP contribution is 2.19. The molecule has 6 nitrogen and oxygen atoms in total. The molecule has 3 aromatic rings. The quantitative estimate of drug-likeness (QED) is 0.792. The van der Waals surface area contributed by atoms with Gasteiger partial charge in [0, 0.05) is 30.5 Å². The largest absolute Gasteiger partial charge is 0.376 e. The highest BCUT2D eigenvalue weighted by molar-refractivity contribution is 5.95. The zero-order valence-corrected chi connectivity index (χ0v) is 13.5. The van der Waals surface area contributed by atoms with Gasteiger partial charge < -0.3 is 10.1 Å². The van der Waals surface area contributed by atoms with Gasteiger partial charge in [0.15, 0.2) is 11.5 Å². The second-order valence-corrected chi connectivity index (χ2v) is 6.02. The summed E-state index contributed by atoms with van der Waals surface area (Å²) in [6.07, 6.45) is 3.86. The molecule has 0 radical (unpaired) electrons. The van der Waals surface area contributed by atoms with E-state index in [0.29, 0.717) is 23.6 Å². The van der Waals surface area contributed by atoms with Gasteiger partial charge in [-0.15, -0.1) is 10.2 Å². The van der Waals surface area contributed by atoms with Crippen LogP contribution in [0.5, 0.6) is 0 Å². The van der Waals surface area contributed by atoms with Crippen molar-refractivity contribution < 1.29 is 13.9 Å². The summed E-state index contributed by atoms with van der Waals surface area (Å²) >= 11 is 0. The number of ether oxygens (including phenoxy) is 1. The van der Waals surface area contributed by atoms with Gasteiger partial charge in [0.25, 0.3) is 5.91 Å². The Morgan fingerprint density at radius 1 is 1.28 bits per heavy atom. The zero-order valence-electron chi connectivity index (χ0n) is 13.5. The van der Waals surface area contributed by atoms with Crippen molar-refractivity contribution in [2.75, 3.05) is 13.2 Å². The lowest BCUT2D eigenvalue weighted by Gasteiger charge is -2.10. The molecule has 7 heteroatoms. The Hall–Kier alpha value is -2.80. The zero-order chi connectivity index (χ0) is 17.2. The Balaban J connectivity index is 1.54. The van der Waals surface area contributed by atoms with E-state index in [2.05, 4.69) is 15.5 Å². The third-order valence-corrected chi connectivity index (χ3v) is 4.29. The van der Waals surface area contributed by atoms with E-state index in [1.165, 1.54) is 12.1 Å². The number of aromatic nitrogens is 3. The Morgan fingerprint density at radius 2 is 2.12 bits per heavy atom. The van der Waals surface area contributed by atoms with Crippen molar-refractivity contribution in [2.24, 2.45) is 0 Å². The molecule has 0 bridgehead atoms. The maximum atomic E-state index is 13.1. The molecule has 1 N–H and O–H groups in total. The Kier molecular flexibility index (Phi) is 4.15. The number of benzene rings is 1. The van der Waals surface area contributed by atoms with Crippen LogP contribution >= 0.6 is 0 Å². The fraction of sp³-hybridized carbons (Fsp3) is 0.278. The van der Waals surface area contributed by atoms with E-state index in [-0.39, 0.29) is 17.8 Å². The number of nitrogens with one attached hydrogen (secondary N) is 1. The lowest BCUT2D eigenvalue weighted by Crippen LogP contribution is -2.31. The third kappa shape index (κ3) is 3.23. The predicted octanol–water partition coefficient (Wildman–Crippen LogP) is 2.44. The lowest BCUT2D eigenvalue weighted by atomic mass is 10.2. The number of carbonyl (C=O) groups is 1. The number of nitrogens with zero attached hydrogens (tertiary/aromatic N) is 3. The molecule has 0 spiro atoms. The second-order valence-electron chi connectivity index (χ2n) is 6.02. The number of rotatable bonds is 4. The van der Waals surface area contributed by atoms with Crippen molar-refractivity contribution in [3.63, 3.8) is 0 Å². The first-order valence-electron chi connectivity index (χ1n) is 8.21. The average Bonchev–Trinajstić information content (AvgIpc) is 3.29. The SMILES string of the molecule is O=C(NC[C@H]1CCCO1)c1ccn2c(-c3ccc(F)cc3)nnc2c1. The fourth-order valence-corrected chi connectivity index (χ4v) is 2.94. The average molecular weight is 340 g/mol. The molecule has 0 saturated carbocycles. The highest BCUT2D eigenvalue weighted by atomic mass is 19.1. The number of hydrogen-bond acceptors (Lipinski definition) is 4. The van der Waals surface area contributed by atoms with Crippen LogP contribution in [-0.2, 0) is 4.74 Å². The van der Waals surface area contributed by atoms with Gasteiger partial charge in [-0.3, -0.25) is 9.20 Å². The van der Waals surface area contributed by atoms with Gasteiger partial charge in [0.05, 0.1) is 6.10 Å². The molecule has 1 atom stereocenters. The monoisotopic (exact) mass is 340 g/mol. The van der Waals surface area contributed by atoms with E-state index in [0.717, 1.165) is 25.0 Å². The van der Waals surface area contributed by atoms with Crippen LogP contribution in [0.1, 0.15) is 23.2 Å². The topological polar surface area (TPSA) is 68.5 Å². The molecule has 1 aliphatic rings. The number of halogens is 1. The van der Waals surface area contributed by atoms with E-state index in [9.17, 15) is 9.18 Å². The molecule has 2 aromatic heterocycles. The third-order valence-electron chi connectivity index (χ3n) is 4.29. The standard InChI is InChI=1S/C18H17FN4O2/c19-14-5-3-12(4-6-14)17-22-21-16-10-13(7-8-23(16)17)18(24)20-11-15-2-1-9-25-15/h3-8,10,15H,1-2,9,11H2,(H,20,24)/t15-/m1/s1. The lowest BCUT2D eigenvalue weighted by molar-refractivity contribution is 0.0858. The molecule has 1 amide bonds. The van der Waals surface area contributed by atoms with Crippen molar-refractivity contribution in [2.45, 2.75) is 18.9 Å². The molecule has 4 rings (SSSR count). The summed E-state index contributed by atoms with van der Waals surface area (Å²) in [6, 6.07) is 9.45. The van der Waals surface area contributed by atoms with Crippen molar-refractivity contribution in [3.8, 4) is 11.4 Å².